The van der Waals surface area contributed by atoms with Crippen molar-refractivity contribution in [3.8, 4) is 0 Å². The number of morpholine rings is 1. The van der Waals surface area contributed by atoms with E-state index in [1.54, 1.807) is 14.1 Å². The second kappa shape index (κ2) is 8.70. The van der Waals surface area contributed by atoms with E-state index in [0.29, 0.717) is 30.2 Å². The average Bonchev–Trinajstić information content (AvgIpc) is 2.60. The highest BCUT2D eigenvalue weighted by Crippen LogP contribution is 2.16. The lowest BCUT2D eigenvalue weighted by Gasteiger charge is -2.32. The van der Waals surface area contributed by atoms with E-state index >= 15 is 0 Å². The summed E-state index contributed by atoms with van der Waals surface area (Å²) in [7, 11) is -0.417. The minimum absolute atomic E-state index is 0.0386. The fourth-order valence-electron chi connectivity index (χ4n) is 2.43. The Morgan fingerprint density at radius 3 is 2.62 bits per heavy atom. The van der Waals surface area contributed by atoms with Crippen LogP contribution in [0.15, 0.2) is 33.6 Å². The molecule has 0 aliphatic carbocycles. The Bertz CT molecular complexity index is 789. The molecule has 7 nitrogen and oxygen atoms in total. The van der Waals surface area contributed by atoms with Crippen LogP contribution in [0.5, 0.6) is 0 Å². The molecule has 142 valence electrons. The molecule has 1 atom stereocenters. The third-order valence-corrected chi connectivity index (χ3v) is 5.44. The van der Waals surface area contributed by atoms with Crippen molar-refractivity contribution in [2.75, 3.05) is 33.8 Å². The number of sulfonamides is 1. The Balaban J connectivity index is 2.03. The SMILES string of the molecule is CC1CN(C(=S)CC(=O)c2ccc(S(=O)(=O)N=CN(C)C)cc2)CCO1. The van der Waals surface area contributed by atoms with Gasteiger partial charge in [-0.1, -0.05) is 24.4 Å². The van der Waals surface area contributed by atoms with Crippen LogP contribution >= 0.6 is 12.2 Å². The zero-order chi connectivity index (χ0) is 19.3. The van der Waals surface area contributed by atoms with Gasteiger partial charge in [0.1, 0.15) is 6.34 Å². The molecule has 1 aromatic rings. The predicted molar refractivity (Wildman–Crippen MR) is 104 cm³/mol. The molecule has 0 saturated carbocycles. The summed E-state index contributed by atoms with van der Waals surface area (Å²) in [5.74, 6) is -0.144. The lowest BCUT2D eigenvalue weighted by atomic mass is 10.1. The van der Waals surface area contributed by atoms with Crippen molar-refractivity contribution in [2.45, 2.75) is 24.3 Å². The number of thiocarbonyl (C=S) groups is 1. The molecule has 1 unspecified atom stereocenters. The van der Waals surface area contributed by atoms with Gasteiger partial charge in [-0.15, -0.1) is 4.40 Å². The van der Waals surface area contributed by atoms with Crippen LogP contribution in [-0.4, -0.2) is 75.2 Å². The van der Waals surface area contributed by atoms with Gasteiger partial charge in [-0.05, 0) is 19.1 Å². The summed E-state index contributed by atoms with van der Waals surface area (Å²) in [6.07, 6.45) is 1.42. The zero-order valence-corrected chi connectivity index (χ0v) is 16.7. The molecule has 1 aromatic carbocycles. The van der Waals surface area contributed by atoms with Crippen molar-refractivity contribution in [3.63, 3.8) is 0 Å². The Kier molecular flexibility index (Phi) is 6.85. The van der Waals surface area contributed by atoms with Crippen LogP contribution in [0.4, 0.5) is 0 Å². The van der Waals surface area contributed by atoms with Crippen LogP contribution in [0.25, 0.3) is 0 Å². The Hall–Kier alpha value is -1.84. The van der Waals surface area contributed by atoms with Crippen LogP contribution in [0.2, 0.25) is 0 Å². The van der Waals surface area contributed by atoms with Crippen LogP contribution in [0, 0.1) is 0 Å². The van der Waals surface area contributed by atoms with Crippen LogP contribution in [0.3, 0.4) is 0 Å². The van der Waals surface area contributed by atoms with E-state index in [2.05, 4.69) is 4.40 Å². The maximum atomic E-state index is 12.4. The molecule has 0 aromatic heterocycles. The second-order valence-electron chi connectivity index (χ2n) is 6.31. The van der Waals surface area contributed by atoms with Gasteiger partial charge in [0.05, 0.1) is 29.0 Å². The van der Waals surface area contributed by atoms with Crippen LogP contribution in [0.1, 0.15) is 23.7 Å². The Labute approximate surface area is 159 Å². The largest absolute Gasteiger partial charge is 0.375 e. The van der Waals surface area contributed by atoms with Gasteiger partial charge in [0.2, 0.25) is 0 Å². The normalized spacial score (nSPS) is 18.1. The van der Waals surface area contributed by atoms with Crippen molar-refractivity contribution in [3.05, 3.63) is 29.8 Å². The summed E-state index contributed by atoms with van der Waals surface area (Å²) in [4.78, 5) is 16.6. The van der Waals surface area contributed by atoms with Gasteiger partial charge < -0.3 is 14.5 Å². The van der Waals surface area contributed by atoms with E-state index in [9.17, 15) is 13.2 Å². The molecular formula is C17H23N3O4S2. The van der Waals surface area contributed by atoms with Crippen LogP contribution in [-0.2, 0) is 14.8 Å². The third kappa shape index (κ3) is 5.58. The van der Waals surface area contributed by atoms with Gasteiger partial charge in [0.25, 0.3) is 10.0 Å². The molecule has 1 fully saturated rings. The lowest BCUT2D eigenvalue weighted by molar-refractivity contribution is 0.00600. The first-order valence-electron chi connectivity index (χ1n) is 8.18. The number of hydrogen-bond acceptors (Lipinski definition) is 5. The van der Waals surface area contributed by atoms with Gasteiger partial charge in [-0.25, -0.2) is 0 Å². The molecule has 2 rings (SSSR count). The van der Waals surface area contributed by atoms with Gasteiger partial charge >= 0.3 is 0 Å². The fourth-order valence-corrected chi connectivity index (χ4v) is 3.64. The Morgan fingerprint density at radius 1 is 1.38 bits per heavy atom. The molecule has 1 aliphatic heterocycles. The van der Waals surface area contributed by atoms with Crippen LogP contribution < -0.4 is 0 Å². The number of nitrogens with zero attached hydrogens (tertiary/aromatic N) is 3. The molecule has 0 spiro atoms. The van der Waals surface area contributed by atoms with E-state index in [1.165, 1.54) is 35.5 Å². The minimum atomic E-state index is -3.78. The molecule has 0 N–H and O–H groups in total. The Morgan fingerprint density at radius 2 is 2.04 bits per heavy atom. The molecule has 1 heterocycles. The van der Waals surface area contributed by atoms with Crippen molar-refractivity contribution in [2.24, 2.45) is 4.40 Å². The number of carbonyl (C=O) groups is 1. The number of ether oxygens (including phenoxy) is 1. The van der Waals surface area contributed by atoms with Gasteiger partial charge in [-0.2, -0.15) is 8.42 Å². The maximum Gasteiger partial charge on any atom is 0.283 e. The highest BCUT2D eigenvalue weighted by molar-refractivity contribution is 7.90. The fraction of sp³-hybridized carbons (Fsp3) is 0.471. The minimum Gasteiger partial charge on any atom is -0.375 e. The quantitative estimate of drug-likeness (QED) is 0.312. The van der Waals surface area contributed by atoms with E-state index in [-0.39, 0.29) is 23.2 Å². The molecule has 1 saturated heterocycles. The first-order valence-corrected chi connectivity index (χ1v) is 10.0. The smallest absolute Gasteiger partial charge is 0.283 e. The highest BCUT2D eigenvalue weighted by Gasteiger charge is 2.21. The van der Waals surface area contributed by atoms with Gasteiger partial charge in [0, 0.05) is 32.7 Å². The molecule has 0 bridgehead atoms. The number of rotatable bonds is 6. The molecule has 9 heteroatoms. The highest BCUT2D eigenvalue weighted by atomic mass is 32.2. The number of ketones is 1. The number of carbonyl (C=O) groups excluding carboxylic acids is 1. The van der Waals surface area contributed by atoms with Crippen molar-refractivity contribution in [1.82, 2.24) is 9.80 Å². The zero-order valence-electron chi connectivity index (χ0n) is 15.1. The second-order valence-corrected chi connectivity index (χ2v) is 8.41. The molecule has 1 aliphatic rings. The van der Waals surface area contributed by atoms with Gasteiger partial charge in [0.15, 0.2) is 5.78 Å². The van der Waals surface area contributed by atoms with E-state index in [4.69, 9.17) is 17.0 Å². The third-order valence-electron chi connectivity index (χ3n) is 3.80. The molecule has 26 heavy (non-hydrogen) atoms. The van der Waals surface area contributed by atoms with Gasteiger partial charge in [-0.3, -0.25) is 4.79 Å². The summed E-state index contributed by atoms with van der Waals surface area (Å²) in [5.41, 5.74) is 0.421. The van der Waals surface area contributed by atoms with E-state index in [1.807, 2.05) is 11.8 Å². The number of benzene rings is 1. The standard InChI is InChI=1S/C17H23N3O4S2/c1-13-11-20(8-9-24-13)17(25)10-16(21)14-4-6-15(7-5-14)26(22,23)18-12-19(2)3/h4-7,12-13H,8-11H2,1-3H3. The lowest BCUT2D eigenvalue weighted by Crippen LogP contribution is -2.44. The van der Waals surface area contributed by atoms with E-state index in [0.717, 1.165) is 0 Å². The molecule has 0 amide bonds. The topological polar surface area (TPSA) is 79.3 Å². The van der Waals surface area contributed by atoms with Crippen molar-refractivity contribution >= 4 is 39.4 Å². The van der Waals surface area contributed by atoms with Crippen molar-refractivity contribution in [1.29, 1.82) is 0 Å². The summed E-state index contributed by atoms with van der Waals surface area (Å²) in [6, 6.07) is 5.75. The molecular weight excluding hydrogens is 374 g/mol. The summed E-state index contributed by atoms with van der Waals surface area (Å²) >= 11 is 5.38. The predicted octanol–water partition coefficient (Wildman–Crippen LogP) is 1.59. The summed E-state index contributed by atoms with van der Waals surface area (Å²) < 4.78 is 33.2. The number of Topliss-reactive ketones (excluding diaryl/α,β-unsaturated/α-hetero) is 1. The summed E-state index contributed by atoms with van der Waals surface area (Å²) in [6.45, 7) is 3.91. The first-order chi connectivity index (χ1) is 12.2. The monoisotopic (exact) mass is 397 g/mol. The number of hydrogen-bond donors (Lipinski definition) is 0. The summed E-state index contributed by atoms with van der Waals surface area (Å²) in [5, 5.41) is 0. The van der Waals surface area contributed by atoms with Crippen molar-refractivity contribution < 1.29 is 17.9 Å². The average molecular weight is 398 g/mol. The first kappa shape index (κ1) is 20.5. The maximum absolute atomic E-state index is 12.4. The van der Waals surface area contributed by atoms with E-state index < -0.39 is 10.0 Å². The molecule has 0 radical (unpaired) electrons.